The van der Waals surface area contributed by atoms with Crippen LogP contribution < -0.4 is 32.1 Å². The van der Waals surface area contributed by atoms with Gasteiger partial charge in [0.05, 0.1) is 29.0 Å². The Morgan fingerprint density at radius 2 is 1.43 bits per heavy atom. The Morgan fingerprint density at radius 1 is 0.864 bits per heavy atom. The van der Waals surface area contributed by atoms with Gasteiger partial charge in [-0.1, -0.05) is 12.1 Å². The van der Waals surface area contributed by atoms with Crippen LogP contribution in [0, 0.1) is 0 Å². The van der Waals surface area contributed by atoms with Gasteiger partial charge in [-0.05, 0) is 36.4 Å². The molecule has 3 aromatic rings. The fourth-order valence-electron chi connectivity index (χ4n) is 4.99. The number of hydrogen-bond donors (Lipinski definition) is 6. The molecule has 1 saturated heterocycles. The van der Waals surface area contributed by atoms with Crippen LogP contribution in [0.15, 0.2) is 69.3 Å². The standard InChI is InChI=1S/C28H22N6O10/c1-11(35)29-13-5-3-7-15(9-13)33-25(41)19(23(39)31-27(33)43)17-21(37)18(22(17)38)20-24(40)32-28(44)34(26(20)42)16-8-4-6-14(10-16)30-12(2)36/h3-10,17,21,37,41H,1-2H3,(H,29,35)(H,30,36)(H,31,39,43)(H,32,40,44)/b20-18-. The Hall–Kier alpha value is -6.16. The molecule has 6 N–H and O–H groups in total. The van der Waals surface area contributed by atoms with Crippen LogP contribution in [0.4, 0.5) is 21.9 Å². The van der Waals surface area contributed by atoms with E-state index in [2.05, 4.69) is 10.6 Å². The molecule has 2 atom stereocenters. The van der Waals surface area contributed by atoms with Gasteiger partial charge < -0.3 is 20.8 Å². The molecule has 5 rings (SSSR count). The number of rotatable bonds is 5. The quantitative estimate of drug-likeness (QED) is 0.165. The molecule has 0 spiro atoms. The molecule has 2 fully saturated rings. The molecule has 1 aliphatic carbocycles. The normalized spacial score (nSPS) is 19.8. The number of amides is 6. The maximum atomic E-state index is 13.4. The molecule has 16 heteroatoms. The smallest absolute Gasteiger partial charge is 0.335 e. The van der Waals surface area contributed by atoms with Gasteiger partial charge in [0.25, 0.3) is 17.4 Å². The zero-order valence-corrected chi connectivity index (χ0v) is 22.8. The molecule has 2 unspecified atom stereocenters. The van der Waals surface area contributed by atoms with E-state index in [1.54, 1.807) is 0 Å². The van der Waals surface area contributed by atoms with E-state index >= 15 is 0 Å². The first-order chi connectivity index (χ1) is 20.8. The minimum absolute atomic E-state index is 0.0198. The molecule has 2 heterocycles. The zero-order valence-electron chi connectivity index (χ0n) is 22.8. The van der Waals surface area contributed by atoms with Gasteiger partial charge in [0.1, 0.15) is 5.57 Å². The number of nitrogens with one attached hydrogen (secondary N) is 4. The summed E-state index contributed by atoms with van der Waals surface area (Å²) >= 11 is 0. The Labute approximate surface area is 245 Å². The minimum atomic E-state index is -1.99. The van der Waals surface area contributed by atoms with E-state index in [4.69, 9.17) is 0 Å². The van der Waals surface area contributed by atoms with E-state index in [1.807, 2.05) is 10.3 Å². The van der Waals surface area contributed by atoms with Crippen molar-refractivity contribution in [1.29, 1.82) is 0 Å². The lowest BCUT2D eigenvalue weighted by molar-refractivity contribution is -0.129. The summed E-state index contributed by atoms with van der Waals surface area (Å²) in [5.74, 6) is -7.33. The van der Waals surface area contributed by atoms with Crippen molar-refractivity contribution in [2.24, 2.45) is 0 Å². The number of aromatic amines is 1. The number of imide groups is 2. The predicted molar refractivity (Wildman–Crippen MR) is 151 cm³/mol. The number of aromatic hydroxyl groups is 1. The molecule has 1 aromatic heterocycles. The van der Waals surface area contributed by atoms with Crippen LogP contribution in [0.25, 0.3) is 5.69 Å². The summed E-state index contributed by atoms with van der Waals surface area (Å²) in [5.41, 5.74) is -4.29. The third-order valence-corrected chi connectivity index (χ3v) is 6.78. The lowest BCUT2D eigenvalue weighted by Crippen LogP contribution is -2.58. The van der Waals surface area contributed by atoms with Crippen LogP contribution >= 0.6 is 0 Å². The Balaban J connectivity index is 1.55. The summed E-state index contributed by atoms with van der Waals surface area (Å²) in [7, 11) is 0. The van der Waals surface area contributed by atoms with Crippen LogP contribution in [-0.2, 0) is 24.0 Å². The van der Waals surface area contributed by atoms with Crippen molar-refractivity contribution < 1.29 is 39.0 Å². The molecular formula is C28H22N6O10. The number of urea groups is 1. The highest BCUT2D eigenvalue weighted by Crippen LogP contribution is 2.42. The van der Waals surface area contributed by atoms with Crippen LogP contribution in [0.5, 0.6) is 5.88 Å². The number of barbiturate groups is 1. The highest BCUT2D eigenvalue weighted by molar-refractivity contribution is 6.40. The van der Waals surface area contributed by atoms with E-state index in [0.29, 0.717) is 9.47 Å². The highest BCUT2D eigenvalue weighted by atomic mass is 16.3. The number of H-pyrrole nitrogens is 1. The first-order valence-electron chi connectivity index (χ1n) is 12.8. The van der Waals surface area contributed by atoms with Crippen molar-refractivity contribution in [2.75, 3.05) is 15.5 Å². The number of Topliss-reactive ketones (excluding diaryl/α,β-unsaturated/α-hetero) is 1. The van der Waals surface area contributed by atoms with Gasteiger partial charge in [-0.3, -0.25) is 39.1 Å². The van der Waals surface area contributed by atoms with Crippen LogP contribution in [0.1, 0.15) is 25.3 Å². The number of benzene rings is 2. The molecule has 0 bridgehead atoms. The average Bonchev–Trinajstić information content (AvgIpc) is 2.92. The number of carbonyl (C=O) groups is 6. The van der Waals surface area contributed by atoms with Crippen LogP contribution in [0.3, 0.4) is 0 Å². The first-order valence-corrected chi connectivity index (χ1v) is 12.8. The summed E-state index contributed by atoms with van der Waals surface area (Å²) in [6, 6.07) is 9.91. The monoisotopic (exact) mass is 602 g/mol. The van der Waals surface area contributed by atoms with Crippen LogP contribution in [0.2, 0.25) is 0 Å². The lowest BCUT2D eigenvalue weighted by Gasteiger charge is -2.37. The molecule has 224 valence electrons. The third-order valence-electron chi connectivity index (χ3n) is 6.78. The SMILES string of the molecule is CC(=O)Nc1cccc(N2C(=O)NC(=O)/C(=C3/C(=O)C(c4c(O)n(-c5cccc(NC(C)=O)c5)c(=O)[nH]c4=O)C3O)C2=O)c1. The molecule has 16 nitrogen and oxygen atoms in total. The second kappa shape index (κ2) is 10.9. The zero-order chi connectivity index (χ0) is 32.0. The summed E-state index contributed by atoms with van der Waals surface area (Å²) in [5, 5.41) is 28.9. The molecule has 1 aliphatic heterocycles. The number of anilines is 3. The molecule has 2 aliphatic rings. The second-order valence-corrected chi connectivity index (χ2v) is 9.77. The largest absolute Gasteiger partial charge is 0.494 e. The molecule has 6 amide bonds. The number of nitrogens with zero attached hydrogens (tertiary/aromatic N) is 2. The number of carbonyl (C=O) groups excluding carboxylic acids is 6. The maximum absolute atomic E-state index is 13.4. The predicted octanol–water partition coefficient (Wildman–Crippen LogP) is -0.245. The van der Waals surface area contributed by atoms with E-state index in [-0.39, 0.29) is 22.7 Å². The molecular weight excluding hydrogens is 580 g/mol. The second-order valence-electron chi connectivity index (χ2n) is 9.77. The van der Waals surface area contributed by atoms with Crippen molar-refractivity contribution in [1.82, 2.24) is 14.9 Å². The summed E-state index contributed by atoms with van der Waals surface area (Å²) in [4.78, 5) is 103. The Bertz CT molecular complexity index is 1970. The lowest BCUT2D eigenvalue weighted by atomic mass is 9.69. The number of ketones is 1. The average molecular weight is 603 g/mol. The van der Waals surface area contributed by atoms with Crippen molar-refractivity contribution in [3.63, 3.8) is 0 Å². The van der Waals surface area contributed by atoms with Gasteiger partial charge >= 0.3 is 11.7 Å². The van der Waals surface area contributed by atoms with Gasteiger partial charge in [0, 0.05) is 30.8 Å². The van der Waals surface area contributed by atoms with Crippen LogP contribution in [-0.4, -0.2) is 61.3 Å². The molecule has 2 aromatic carbocycles. The van der Waals surface area contributed by atoms with Gasteiger partial charge in [-0.15, -0.1) is 0 Å². The van der Waals surface area contributed by atoms with Crippen molar-refractivity contribution in [2.45, 2.75) is 25.9 Å². The van der Waals surface area contributed by atoms with E-state index in [1.165, 1.54) is 62.4 Å². The minimum Gasteiger partial charge on any atom is -0.494 e. The van der Waals surface area contributed by atoms with E-state index in [0.717, 1.165) is 0 Å². The maximum Gasteiger partial charge on any atom is 0.335 e. The fraction of sp³-hybridized carbons (Fsp3) is 0.143. The van der Waals surface area contributed by atoms with Gasteiger partial charge in [-0.25, -0.2) is 19.1 Å². The molecule has 0 radical (unpaired) electrons. The van der Waals surface area contributed by atoms with Crippen molar-refractivity contribution in [3.05, 3.63) is 86.1 Å². The van der Waals surface area contributed by atoms with Gasteiger partial charge in [-0.2, -0.15) is 0 Å². The first kappa shape index (κ1) is 29.3. The number of aliphatic hydroxyl groups is 1. The summed E-state index contributed by atoms with van der Waals surface area (Å²) < 4.78 is 0.633. The highest BCUT2D eigenvalue weighted by Gasteiger charge is 2.53. The summed E-state index contributed by atoms with van der Waals surface area (Å²) in [6.45, 7) is 2.49. The number of hydrogen-bond acceptors (Lipinski definition) is 10. The van der Waals surface area contributed by atoms with E-state index < -0.39 is 81.3 Å². The fourth-order valence-corrected chi connectivity index (χ4v) is 4.99. The van der Waals surface area contributed by atoms with Gasteiger partial charge in [0.15, 0.2) is 5.78 Å². The Morgan fingerprint density at radius 3 is 2.00 bits per heavy atom. The topological polar surface area (TPSA) is 237 Å². The number of aliphatic hydroxyl groups excluding tert-OH is 1. The molecule has 1 saturated carbocycles. The van der Waals surface area contributed by atoms with Gasteiger partial charge in [0.2, 0.25) is 17.7 Å². The van der Waals surface area contributed by atoms with Crippen molar-refractivity contribution >= 4 is 52.5 Å². The molecule has 44 heavy (non-hydrogen) atoms. The third kappa shape index (κ3) is 4.94. The Kier molecular flexibility index (Phi) is 7.28. The summed E-state index contributed by atoms with van der Waals surface area (Å²) in [6.07, 6.45) is -1.99. The van der Waals surface area contributed by atoms with Crippen molar-refractivity contribution in [3.8, 4) is 11.6 Å². The number of aromatic nitrogens is 2. The van der Waals surface area contributed by atoms with E-state index in [9.17, 15) is 48.6 Å².